The lowest BCUT2D eigenvalue weighted by Crippen LogP contribution is -2.24. The molecule has 1 amide bonds. The molecular formula is C21H23N3O. The van der Waals surface area contributed by atoms with Gasteiger partial charge in [0.25, 0.3) is 5.91 Å². The van der Waals surface area contributed by atoms with E-state index in [0.29, 0.717) is 12.1 Å². The van der Waals surface area contributed by atoms with Crippen molar-refractivity contribution in [2.45, 2.75) is 26.7 Å². The maximum Gasteiger partial charge on any atom is 0.254 e. The van der Waals surface area contributed by atoms with E-state index >= 15 is 0 Å². The normalized spacial score (nSPS) is 10.6. The molecule has 1 aromatic heterocycles. The van der Waals surface area contributed by atoms with E-state index in [0.717, 1.165) is 18.5 Å². The van der Waals surface area contributed by atoms with E-state index in [1.807, 2.05) is 30.3 Å². The molecule has 0 fully saturated rings. The van der Waals surface area contributed by atoms with Gasteiger partial charge in [-0.05, 0) is 49.9 Å². The zero-order valence-electron chi connectivity index (χ0n) is 14.7. The Bertz CT molecular complexity index is 853. The first-order valence-electron chi connectivity index (χ1n) is 8.58. The first-order valence-corrected chi connectivity index (χ1v) is 8.58. The van der Waals surface area contributed by atoms with Crippen molar-refractivity contribution in [3.05, 3.63) is 83.2 Å². The van der Waals surface area contributed by atoms with Crippen LogP contribution in [0.2, 0.25) is 0 Å². The highest BCUT2D eigenvalue weighted by molar-refractivity contribution is 5.93. The Labute approximate surface area is 148 Å². The van der Waals surface area contributed by atoms with Crippen LogP contribution in [0.3, 0.4) is 0 Å². The van der Waals surface area contributed by atoms with E-state index in [4.69, 9.17) is 0 Å². The largest absolute Gasteiger partial charge is 0.352 e. The Hall–Kier alpha value is -2.88. The van der Waals surface area contributed by atoms with Crippen LogP contribution in [0.1, 0.15) is 33.5 Å². The van der Waals surface area contributed by atoms with Crippen LogP contribution in [-0.4, -0.2) is 22.2 Å². The van der Waals surface area contributed by atoms with Crippen molar-refractivity contribution in [2.24, 2.45) is 0 Å². The molecule has 0 aliphatic rings. The number of rotatable bonds is 6. The summed E-state index contributed by atoms with van der Waals surface area (Å²) in [5.74, 6) is -0.0807. The van der Waals surface area contributed by atoms with Gasteiger partial charge in [0.2, 0.25) is 0 Å². The summed E-state index contributed by atoms with van der Waals surface area (Å²) in [6, 6.07) is 16.3. The summed E-state index contributed by atoms with van der Waals surface area (Å²) in [4.78, 5) is 12.2. The molecule has 128 valence electrons. The second-order valence-electron chi connectivity index (χ2n) is 6.30. The van der Waals surface area contributed by atoms with Crippen molar-refractivity contribution in [3.8, 4) is 5.69 Å². The molecule has 0 atom stereocenters. The standard InChI is InChI=1S/C21H23N3O/c1-16-10-11-18(17(2)13-16)7-6-12-22-21(25)19-14-23-24(15-19)20-8-4-3-5-9-20/h3-5,8-11,13-15H,6-7,12H2,1-2H3,(H,22,25). The zero-order valence-corrected chi connectivity index (χ0v) is 14.7. The Balaban J connectivity index is 1.50. The number of aryl methyl sites for hydroxylation is 3. The summed E-state index contributed by atoms with van der Waals surface area (Å²) in [6.45, 7) is 4.90. The van der Waals surface area contributed by atoms with Crippen molar-refractivity contribution in [1.82, 2.24) is 15.1 Å². The van der Waals surface area contributed by atoms with Gasteiger partial charge in [-0.15, -0.1) is 0 Å². The highest BCUT2D eigenvalue weighted by Gasteiger charge is 2.09. The Kier molecular flexibility index (Phi) is 5.29. The monoisotopic (exact) mass is 333 g/mol. The van der Waals surface area contributed by atoms with Crippen LogP contribution < -0.4 is 5.32 Å². The van der Waals surface area contributed by atoms with Crippen LogP contribution in [-0.2, 0) is 6.42 Å². The molecule has 3 rings (SSSR count). The summed E-state index contributed by atoms with van der Waals surface area (Å²) in [5.41, 5.74) is 5.46. The van der Waals surface area contributed by atoms with E-state index in [1.165, 1.54) is 16.7 Å². The summed E-state index contributed by atoms with van der Waals surface area (Å²) < 4.78 is 1.71. The van der Waals surface area contributed by atoms with Gasteiger partial charge >= 0.3 is 0 Å². The summed E-state index contributed by atoms with van der Waals surface area (Å²) in [5, 5.41) is 7.23. The minimum atomic E-state index is -0.0807. The number of amides is 1. The lowest BCUT2D eigenvalue weighted by molar-refractivity contribution is 0.0953. The number of carbonyl (C=O) groups excluding carboxylic acids is 1. The van der Waals surface area contributed by atoms with Crippen molar-refractivity contribution < 1.29 is 4.79 Å². The number of hydrogen-bond acceptors (Lipinski definition) is 2. The lowest BCUT2D eigenvalue weighted by atomic mass is 10.0. The van der Waals surface area contributed by atoms with Crippen molar-refractivity contribution >= 4 is 5.91 Å². The SMILES string of the molecule is Cc1ccc(CCCNC(=O)c2cnn(-c3ccccc3)c2)c(C)c1. The molecule has 1 N–H and O–H groups in total. The first kappa shape index (κ1) is 17.0. The van der Waals surface area contributed by atoms with Crippen LogP contribution in [0, 0.1) is 13.8 Å². The van der Waals surface area contributed by atoms with Crippen molar-refractivity contribution in [3.63, 3.8) is 0 Å². The second kappa shape index (κ2) is 7.79. The van der Waals surface area contributed by atoms with E-state index < -0.39 is 0 Å². The topological polar surface area (TPSA) is 46.9 Å². The third-order valence-electron chi connectivity index (χ3n) is 4.27. The number of nitrogens with zero attached hydrogens (tertiary/aromatic N) is 2. The third kappa shape index (κ3) is 4.35. The molecule has 2 aromatic carbocycles. The lowest BCUT2D eigenvalue weighted by Gasteiger charge is -2.07. The fraction of sp³-hybridized carbons (Fsp3) is 0.238. The maximum atomic E-state index is 12.2. The molecule has 0 saturated carbocycles. The summed E-state index contributed by atoms with van der Waals surface area (Å²) >= 11 is 0. The van der Waals surface area contributed by atoms with Crippen LogP contribution in [0.25, 0.3) is 5.69 Å². The Morgan fingerprint density at radius 2 is 1.92 bits per heavy atom. The second-order valence-corrected chi connectivity index (χ2v) is 6.30. The van der Waals surface area contributed by atoms with Gasteiger partial charge < -0.3 is 5.32 Å². The van der Waals surface area contributed by atoms with Gasteiger partial charge in [-0.3, -0.25) is 4.79 Å². The number of carbonyl (C=O) groups is 1. The number of nitrogens with one attached hydrogen (secondary N) is 1. The predicted molar refractivity (Wildman–Crippen MR) is 100 cm³/mol. The number of hydrogen-bond donors (Lipinski definition) is 1. The molecule has 3 aromatic rings. The maximum absolute atomic E-state index is 12.2. The smallest absolute Gasteiger partial charge is 0.254 e. The van der Waals surface area contributed by atoms with Crippen LogP contribution in [0.4, 0.5) is 0 Å². The molecule has 4 nitrogen and oxygen atoms in total. The Morgan fingerprint density at radius 1 is 1.12 bits per heavy atom. The molecular weight excluding hydrogens is 310 g/mol. The molecule has 0 saturated heterocycles. The molecule has 0 aliphatic carbocycles. The van der Waals surface area contributed by atoms with E-state index in [-0.39, 0.29) is 5.91 Å². The van der Waals surface area contributed by atoms with Crippen LogP contribution >= 0.6 is 0 Å². The summed E-state index contributed by atoms with van der Waals surface area (Å²) in [7, 11) is 0. The zero-order chi connectivity index (χ0) is 17.6. The molecule has 0 spiro atoms. The molecule has 25 heavy (non-hydrogen) atoms. The first-order chi connectivity index (χ1) is 12.1. The number of para-hydroxylation sites is 1. The molecule has 0 unspecified atom stereocenters. The van der Waals surface area contributed by atoms with E-state index in [1.54, 1.807) is 17.1 Å². The van der Waals surface area contributed by atoms with Gasteiger partial charge in [0.05, 0.1) is 17.4 Å². The molecule has 0 bridgehead atoms. The number of aromatic nitrogens is 2. The molecule has 0 aliphatic heterocycles. The van der Waals surface area contributed by atoms with E-state index in [9.17, 15) is 4.79 Å². The average molecular weight is 333 g/mol. The Morgan fingerprint density at radius 3 is 2.68 bits per heavy atom. The van der Waals surface area contributed by atoms with Crippen LogP contribution in [0.5, 0.6) is 0 Å². The van der Waals surface area contributed by atoms with Crippen molar-refractivity contribution in [1.29, 1.82) is 0 Å². The van der Waals surface area contributed by atoms with Gasteiger partial charge in [0.1, 0.15) is 0 Å². The molecule has 1 heterocycles. The third-order valence-corrected chi connectivity index (χ3v) is 4.27. The predicted octanol–water partition coefficient (Wildman–Crippen LogP) is 3.85. The van der Waals surface area contributed by atoms with E-state index in [2.05, 4.69) is 42.5 Å². The minimum Gasteiger partial charge on any atom is -0.352 e. The van der Waals surface area contributed by atoms with Crippen molar-refractivity contribution in [2.75, 3.05) is 6.54 Å². The van der Waals surface area contributed by atoms with Gasteiger partial charge in [-0.2, -0.15) is 5.10 Å². The van der Waals surface area contributed by atoms with Gasteiger partial charge in [-0.25, -0.2) is 4.68 Å². The fourth-order valence-electron chi connectivity index (χ4n) is 2.87. The van der Waals surface area contributed by atoms with Gasteiger partial charge in [0.15, 0.2) is 0 Å². The minimum absolute atomic E-state index is 0.0807. The summed E-state index contributed by atoms with van der Waals surface area (Å²) in [6.07, 6.45) is 5.25. The highest BCUT2D eigenvalue weighted by Crippen LogP contribution is 2.12. The molecule has 0 radical (unpaired) electrons. The fourth-order valence-corrected chi connectivity index (χ4v) is 2.87. The number of benzene rings is 2. The van der Waals surface area contributed by atoms with Gasteiger partial charge in [0, 0.05) is 12.7 Å². The quantitative estimate of drug-likeness (QED) is 0.697. The van der Waals surface area contributed by atoms with Crippen LogP contribution in [0.15, 0.2) is 60.9 Å². The van der Waals surface area contributed by atoms with Gasteiger partial charge in [-0.1, -0.05) is 42.0 Å². The average Bonchev–Trinajstić information content (AvgIpc) is 3.11. The molecule has 4 heteroatoms. The highest BCUT2D eigenvalue weighted by atomic mass is 16.1.